The summed E-state index contributed by atoms with van der Waals surface area (Å²) in [5.74, 6) is -0.416. The molecular formula is C10H15FN2O2S. The lowest BCUT2D eigenvalue weighted by Crippen LogP contribution is -2.26. The maximum absolute atomic E-state index is 13.0. The van der Waals surface area contributed by atoms with E-state index in [0.29, 0.717) is 18.5 Å². The van der Waals surface area contributed by atoms with Gasteiger partial charge in [0.2, 0.25) is 10.0 Å². The van der Waals surface area contributed by atoms with Crippen molar-refractivity contribution in [1.29, 1.82) is 0 Å². The average molecular weight is 246 g/mol. The van der Waals surface area contributed by atoms with Crippen molar-refractivity contribution in [2.24, 2.45) is 5.73 Å². The summed E-state index contributed by atoms with van der Waals surface area (Å²) in [4.78, 5) is 0.0726. The van der Waals surface area contributed by atoms with Crippen LogP contribution in [0.3, 0.4) is 0 Å². The number of sulfonamides is 1. The minimum absolute atomic E-state index is 0.0726. The van der Waals surface area contributed by atoms with Crippen molar-refractivity contribution in [3.8, 4) is 0 Å². The molecule has 0 fully saturated rings. The van der Waals surface area contributed by atoms with Gasteiger partial charge >= 0.3 is 0 Å². The monoisotopic (exact) mass is 246 g/mol. The molecule has 0 unspecified atom stereocenters. The van der Waals surface area contributed by atoms with Crippen molar-refractivity contribution in [3.63, 3.8) is 0 Å². The summed E-state index contributed by atoms with van der Waals surface area (Å²) >= 11 is 0. The molecule has 0 amide bonds. The molecule has 90 valence electrons. The van der Waals surface area contributed by atoms with Crippen LogP contribution in [0.2, 0.25) is 0 Å². The molecule has 3 N–H and O–H groups in total. The first-order valence-corrected chi connectivity index (χ1v) is 6.41. The van der Waals surface area contributed by atoms with Crippen molar-refractivity contribution >= 4 is 10.0 Å². The van der Waals surface area contributed by atoms with Gasteiger partial charge in [0.05, 0.1) is 4.90 Å². The van der Waals surface area contributed by atoms with Crippen LogP contribution in [0.25, 0.3) is 0 Å². The van der Waals surface area contributed by atoms with E-state index < -0.39 is 15.8 Å². The van der Waals surface area contributed by atoms with E-state index in [1.807, 2.05) is 0 Å². The Bertz CT molecular complexity index is 460. The molecule has 0 radical (unpaired) electrons. The van der Waals surface area contributed by atoms with Crippen LogP contribution in [0.1, 0.15) is 12.0 Å². The second-order valence-corrected chi connectivity index (χ2v) is 5.22. The van der Waals surface area contributed by atoms with E-state index in [0.717, 1.165) is 6.07 Å². The number of benzene rings is 1. The zero-order chi connectivity index (χ0) is 12.2. The highest BCUT2D eigenvalue weighted by Crippen LogP contribution is 2.13. The van der Waals surface area contributed by atoms with Crippen LogP contribution in [0.15, 0.2) is 23.1 Å². The van der Waals surface area contributed by atoms with Crippen LogP contribution in [-0.2, 0) is 10.0 Å². The molecule has 6 heteroatoms. The summed E-state index contributed by atoms with van der Waals surface area (Å²) in [7, 11) is -3.54. The first-order valence-electron chi connectivity index (χ1n) is 4.93. The summed E-state index contributed by atoms with van der Waals surface area (Å²) in [6.07, 6.45) is 0.569. The predicted octanol–water partition coefficient (Wildman–Crippen LogP) is 0.761. The third-order valence-corrected chi connectivity index (χ3v) is 3.57. The van der Waals surface area contributed by atoms with Crippen LogP contribution in [0.5, 0.6) is 0 Å². The highest BCUT2D eigenvalue weighted by atomic mass is 32.2. The molecule has 0 aromatic heterocycles. The third kappa shape index (κ3) is 3.26. The van der Waals surface area contributed by atoms with Crippen molar-refractivity contribution in [3.05, 3.63) is 29.6 Å². The Morgan fingerprint density at radius 3 is 2.69 bits per heavy atom. The van der Waals surface area contributed by atoms with Crippen molar-refractivity contribution < 1.29 is 12.8 Å². The molecule has 4 nitrogen and oxygen atoms in total. The third-order valence-electron chi connectivity index (χ3n) is 2.11. The van der Waals surface area contributed by atoms with Gasteiger partial charge in [-0.15, -0.1) is 0 Å². The van der Waals surface area contributed by atoms with Crippen molar-refractivity contribution in [2.45, 2.75) is 18.2 Å². The maximum atomic E-state index is 13.0. The van der Waals surface area contributed by atoms with E-state index in [2.05, 4.69) is 4.72 Å². The Kier molecular flexibility index (Phi) is 4.40. The maximum Gasteiger partial charge on any atom is 0.240 e. The number of rotatable bonds is 5. The molecular weight excluding hydrogens is 231 g/mol. The second-order valence-electron chi connectivity index (χ2n) is 3.45. The van der Waals surface area contributed by atoms with Gasteiger partial charge in [0, 0.05) is 6.54 Å². The SMILES string of the molecule is Cc1cc(S(=O)(=O)NCCCN)ccc1F. The quantitative estimate of drug-likeness (QED) is 0.753. The van der Waals surface area contributed by atoms with Crippen molar-refractivity contribution in [2.75, 3.05) is 13.1 Å². The van der Waals surface area contributed by atoms with E-state index >= 15 is 0 Å². The molecule has 0 saturated heterocycles. The van der Waals surface area contributed by atoms with Crippen LogP contribution in [0.4, 0.5) is 4.39 Å². The Morgan fingerprint density at radius 2 is 2.12 bits per heavy atom. The Morgan fingerprint density at radius 1 is 1.44 bits per heavy atom. The predicted molar refractivity (Wildman–Crippen MR) is 60.0 cm³/mol. The minimum atomic E-state index is -3.54. The fourth-order valence-corrected chi connectivity index (χ4v) is 2.34. The molecule has 1 rings (SSSR count). The lowest BCUT2D eigenvalue weighted by molar-refractivity contribution is 0.578. The normalized spacial score (nSPS) is 11.7. The molecule has 0 saturated carbocycles. The lowest BCUT2D eigenvalue weighted by atomic mass is 10.2. The van der Waals surface area contributed by atoms with Gasteiger partial charge in [-0.1, -0.05) is 0 Å². The van der Waals surface area contributed by atoms with Gasteiger partial charge in [0.25, 0.3) is 0 Å². The molecule has 0 bridgehead atoms. The van der Waals surface area contributed by atoms with E-state index in [1.165, 1.54) is 19.1 Å². The van der Waals surface area contributed by atoms with Crippen LogP contribution in [-0.4, -0.2) is 21.5 Å². The van der Waals surface area contributed by atoms with Gasteiger partial charge in [-0.3, -0.25) is 0 Å². The molecule has 1 aromatic carbocycles. The number of hydrogen-bond acceptors (Lipinski definition) is 3. The van der Waals surface area contributed by atoms with E-state index in [4.69, 9.17) is 5.73 Å². The fraction of sp³-hybridized carbons (Fsp3) is 0.400. The van der Waals surface area contributed by atoms with Crippen LogP contribution < -0.4 is 10.5 Å². The van der Waals surface area contributed by atoms with Crippen LogP contribution in [0, 0.1) is 12.7 Å². The van der Waals surface area contributed by atoms with E-state index in [-0.39, 0.29) is 11.4 Å². The largest absolute Gasteiger partial charge is 0.330 e. The van der Waals surface area contributed by atoms with Crippen molar-refractivity contribution in [1.82, 2.24) is 4.72 Å². The first kappa shape index (κ1) is 13.1. The molecule has 0 aliphatic rings. The van der Waals surface area contributed by atoms with Gasteiger partial charge in [0.1, 0.15) is 5.82 Å². The highest BCUT2D eigenvalue weighted by molar-refractivity contribution is 7.89. The lowest BCUT2D eigenvalue weighted by Gasteiger charge is -2.07. The van der Waals surface area contributed by atoms with Gasteiger partial charge in [0.15, 0.2) is 0 Å². The molecule has 1 aromatic rings. The number of nitrogens with two attached hydrogens (primary N) is 1. The topological polar surface area (TPSA) is 72.2 Å². The molecule has 16 heavy (non-hydrogen) atoms. The summed E-state index contributed by atoms with van der Waals surface area (Å²) in [6, 6.07) is 3.69. The molecule has 0 aliphatic carbocycles. The standard InChI is InChI=1S/C10H15FN2O2S/c1-8-7-9(3-4-10(8)11)16(14,15)13-6-2-5-12/h3-4,7,13H,2,5-6,12H2,1H3. The highest BCUT2D eigenvalue weighted by Gasteiger charge is 2.14. The summed E-state index contributed by atoms with van der Waals surface area (Å²) in [6.45, 7) is 2.23. The summed E-state index contributed by atoms with van der Waals surface area (Å²) in [5, 5.41) is 0. The van der Waals surface area contributed by atoms with Gasteiger partial charge < -0.3 is 5.73 Å². The zero-order valence-electron chi connectivity index (χ0n) is 9.03. The van der Waals surface area contributed by atoms with Crippen LogP contribution >= 0.6 is 0 Å². The number of halogens is 1. The summed E-state index contributed by atoms with van der Waals surface area (Å²) < 4.78 is 38.7. The fourth-order valence-electron chi connectivity index (χ4n) is 1.18. The Hall–Kier alpha value is -0.980. The average Bonchev–Trinajstić information content (AvgIpc) is 2.22. The first-order chi connectivity index (χ1) is 7.47. The van der Waals surface area contributed by atoms with E-state index in [1.54, 1.807) is 0 Å². The number of hydrogen-bond donors (Lipinski definition) is 2. The molecule has 0 aliphatic heterocycles. The number of aryl methyl sites for hydroxylation is 1. The molecule has 0 heterocycles. The van der Waals surface area contributed by atoms with Gasteiger partial charge in [-0.2, -0.15) is 0 Å². The smallest absolute Gasteiger partial charge is 0.240 e. The molecule has 0 spiro atoms. The van der Waals surface area contributed by atoms with Gasteiger partial charge in [-0.05, 0) is 43.7 Å². The van der Waals surface area contributed by atoms with E-state index in [9.17, 15) is 12.8 Å². The van der Waals surface area contributed by atoms with Gasteiger partial charge in [-0.25, -0.2) is 17.5 Å². The second kappa shape index (κ2) is 5.38. The minimum Gasteiger partial charge on any atom is -0.330 e. The Labute approximate surface area is 94.7 Å². The molecule has 0 atom stereocenters. The Balaban J connectivity index is 2.86. The zero-order valence-corrected chi connectivity index (χ0v) is 9.85. The number of nitrogens with one attached hydrogen (secondary N) is 1. The summed E-state index contributed by atoms with van der Waals surface area (Å²) in [5.41, 5.74) is 5.56.